The number of aromatic nitrogens is 1. The predicted molar refractivity (Wildman–Crippen MR) is 86.9 cm³/mol. The summed E-state index contributed by atoms with van der Waals surface area (Å²) >= 11 is 6.23. The summed E-state index contributed by atoms with van der Waals surface area (Å²) in [6.45, 7) is 0.902. The van der Waals surface area contributed by atoms with Crippen molar-refractivity contribution in [3.05, 3.63) is 64.9 Å². The number of nitrogens with zero attached hydrogens (tertiary/aromatic N) is 2. The highest BCUT2D eigenvalue weighted by molar-refractivity contribution is 6.31. The first-order valence-electron chi connectivity index (χ1n) is 7.37. The van der Waals surface area contributed by atoms with Gasteiger partial charge in [0.25, 0.3) is 0 Å². The summed E-state index contributed by atoms with van der Waals surface area (Å²) in [5, 5.41) is 3.28. The van der Waals surface area contributed by atoms with Crippen LogP contribution in [0.25, 0.3) is 0 Å². The van der Waals surface area contributed by atoms with Gasteiger partial charge < -0.3 is 10.2 Å². The molecule has 0 saturated carbocycles. The van der Waals surface area contributed by atoms with Crippen molar-refractivity contribution in [3.63, 3.8) is 0 Å². The maximum absolute atomic E-state index is 12.7. The summed E-state index contributed by atoms with van der Waals surface area (Å²) < 4.78 is 0. The minimum Gasteiger partial charge on any atom is -0.352 e. The van der Waals surface area contributed by atoms with Gasteiger partial charge in [0, 0.05) is 36.1 Å². The van der Waals surface area contributed by atoms with Gasteiger partial charge in [0.05, 0.1) is 6.42 Å². The fourth-order valence-corrected chi connectivity index (χ4v) is 2.96. The lowest BCUT2D eigenvalue weighted by molar-refractivity contribution is -0.143. The Morgan fingerprint density at radius 3 is 2.87 bits per heavy atom. The van der Waals surface area contributed by atoms with Crippen LogP contribution in [-0.4, -0.2) is 34.8 Å². The fraction of sp³-hybridized carbons (Fsp3) is 0.235. The number of halogens is 1. The second-order valence-corrected chi connectivity index (χ2v) is 5.75. The fourth-order valence-electron chi connectivity index (χ4n) is 2.72. The molecule has 2 aromatic rings. The van der Waals surface area contributed by atoms with Crippen LogP contribution in [0, 0.1) is 0 Å². The number of carbonyl (C=O) groups excluding carboxylic acids is 2. The molecule has 0 radical (unpaired) electrons. The monoisotopic (exact) mass is 329 g/mol. The molecule has 1 saturated heterocycles. The van der Waals surface area contributed by atoms with E-state index in [-0.39, 0.29) is 18.2 Å². The van der Waals surface area contributed by atoms with Gasteiger partial charge in [-0.2, -0.15) is 0 Å². The molecule has 0 bridgehead atoms. The SMILES string of the molecule is O=C1NCCN(C(=O)Cc2cccnc2)C1c1ccccc1Cl. The second-order valence-electron chi connectivity index (χ2n) is 5.34. The van der Waals surface area contributed by atoms with Gasteiger partial charge in [-0.1, -0.05) is 35.9 Å². The molecule has 1 aromatic carbocycles. The van der Waals surface area contributed by atoms with Gasteiger partial charge in [-0.05, 0) is 17.7 Å². The minimum absolute atomic E-state index is 0.113. The van der Waals surface area contributed by atoms with Crippen molar-refractivity contribution in [1.29, 1.82) is 0 Å². The van der Waals surface area contributed by atoms with Crippen LogP contribution in [0.2, 0.25) is 5.02 Å². The zero-order chi connectivity index (χ0) is 16.2. The Labute approximate surface area is 139 Å². The summed E-state index contributed by atoms with van der Waals surface area (Å²) in [6.07, 6.45) is 3.53. The van der Waals surface area contributed by atoms with Crippen LogP contribution in [0.1, 0.15) is 17.2 Å². The van der Waals surface area contributed by atoms with Gasteiger partial charge in [-0.15, -0.1) is 0 Å². The van der Waals surface area contributed by atoms with Gasteiger partial charge in [0.1, 0.15) is 6.04 Å². The lowest BCUT2D eigenvalue weighted by Gasteiger charge is -2.35. The Morgan fingerprint density at radius 2 is 2.13 bits per heavy atom. The molecule has 1 fully saturated rings. The van der Waals surface area contributed by atoms with E-state index in [0.29, 0.717) is 23.7 Å². The van der Waals surface area contributed by atoms with Crippen molar-refractivity contribution in [2.75, 3.05) is 13.1 Å². The van der Waals surface area contributed by atoms with Gasteiger partial charge in [-0.25, -0.2) is 0 Å². The molecule has 1 aliphatic heterocycles. The van der Waals surface area contributed by atoms with Crippen molar-refractivity contribution in [3.8, 4) is 0 Å². The van der Waals surface area contributed by atoms with Crippen molar-refractivity contribution in [1.82, 2.24) is 15.2 Å². The van der Waals surface area contributed by atoms with E-state index >= 15 is 0 Å². The largest absolute Gasteiger partial charge is 0.352 e. The third kappa shape index (κ3) is 3.35. The zero-order valence-electron chi connectivity index (χ0n) is 12.4. The lowest BCUT2D eigenvalue weighted by atomic mass is 10.0. The maximum atomic E-state index is 12.7. The van der Waals surface area contributed by atoms with Gasteiger partial charge in [0.2, 0.25) is 11.8 Å². The quantitative estimate of drug-likeness (QED) is 0.936. The molecule has 118 valence electrons. The molecule has 0 spiro atoms. The molecule has 23 heavy (non-hydrogen) atoms. The van der Waals surface area contributed by atoms with E-state index in [1.54, 1.807) is 41.6 Å². The molecule has 3 rings (SSSR count). The number of nitrogens with one attached hydrogen (secondary N) is 1. The zero-order valence-corrected chi connectivity index (χ0v) is 13.2. The molecule has 0 aliphatic carbocycles. The van der Waals surface area contributed by atoms with Crippen LogP contribution in [-0.2, 0) is 16.0 Å². The van der Waals surface area contributed by atoms with Crippen LogP contribution < -0.4 is 5.32 Å². The standard InChI is InChI=1S/C17H16ClN3O2/c18-14-6-2-1-5-13(14)16-17(23)20-8-9-21(16)15(22)10-12-4-3-7-19-11-12/h1-7,11,16H,8-10H2,(H,20,23). The Hall–Kier alpha value is -2.40. The Balaban J connectivity index is 1.88. The highest BCUT2D eigenvalue weighted by Gasteiger charge is 2.35. The Morgan fingerprint density at radius 1 is 1.30 bits per heavy atom. The van der Waals surface area contributed by atoms with Crippen LogP contribution in [0.5, 0.6) is 0 Å². The molecule has 2 heterocycles. The van der Waals surface area contributed by atoms with Crippen molar-refractivity contribution in [2.45, 2.75) is 12.5 Å². The number of carbonyl (C=O) groups is 2. The molecule has 5 nitrogen and oxygen atoms in total. The first kappa shape index (κ1) is 15.5. The third-order valence-corrected chi connectivity index (χ3v) is 4.15. The van der Waals surface area contributed by atoms with E-state index in [0.717, 1.165) is 5.56 Å². The predicted octanol–water partition coefficient (Wildman–Crippen LogP) is 1.98. The Bertz CT molecular complexity index is 721. The average molecular weight is 330 g/mol. The summed E-state index contributed by atoms with van der Waals surface area (Å²) in [7, 11) is 0. The number of piperazine rings is 1. The topological polar surface area (TPSA) is 62.3 Å². The van der Waals surface area contributed by atoms with Crippen LogP contribution >= 0.6 is 11.6 Å². The van der Waals surface area contributed by atoms with E-state index in [4.69, 9.17) is 11.6 Å². The lowest BCUT2D eigenvalue weighted by Crippen LogP contribution is -2.52. The first-order chi connectivity index (χ1) is 11.2. The van der Waals surface area contributed by atoms with Crippen LogP contribution in [0.15, 0.2) is 48.8 Å². The number of benzene rings is 1. The van der Waals surface area contributed by atoms with E-state index < -0.39 is 6.04 Å². The number of hydrogen-bond acceptors (Lipinski definition) is 3. The minimum atomic E-state index is -0.693. The smallest absolute Gasteiger partial charge is 0.247 e. The summed E-state index contributed by atoms with van der Waals surface area (Å²) in [6, 6.07) is 10.1. The second kappa shape index (κ2) is 6.79. The van der Waals surface area contributed by atoms with Crippen LogP contribution in [0.3, 0.4) is 0 Å². The highest BCUT2D eigenvalue weighted by atomic mass is 35.5. The van der Waals surface area contributed by atoms with Crippen molar-refractivity contribution < 1.29 is 9.59 Å². The average Bonchev–Trinajstić information content (AvgIpc) is 2.56. The molecule has 2 amide bonds. The molecule has 1 unspecified atom stereocenters. The van der Waals surface area contributed by atoms with E-state index in [1.165, 1.54) is 0 Å². The number of pyridine rings is 1. The summed E-state index contributed by atoms with van der Waals surface area (Å²) in [5.41, 5.74) is 1.47. The molecule has 1 N–H and O–H groups in total. The first-order valence-corrected chi connectivity index (χ1v) is 7.75. The van der Waals surface area contributed by atoms with Crippen LogP contribution in [0.4, 0.5) is 0 Å². The summed E-state index contributed by atoms with van der Waals surface area (Å²) in [4.78, 5) is 30.6. The van der Waals surface area contributed by atoms with E-state index in [1.807, 2.05) is 12.1 Å². The van der Waals surface area contributed by atoms with Gasteiger partial charge in [-0.3, -0.25) is 14.6 Å². The van der Waals surface area contributed by atoms with E-state index in [9.17, 15) is 9.59 Å². The number of amides is 2. The number of rotatable bonds is 3. The molecule has 6 heteroatoms. The number of hydrogen-bond donors (Lipinski definition) is 1. The normalized spacial score (nSPS) is 17.7. The molecular weight excluding hydrogens is 314 g/mol. The maximum Gasteiger partial charge on any atom is 0.247 e. The van der Waals surface area contributed by atoms with Crippen molar-refractivity contribution >= 4 is 23.4 Å². The van der Waals surface area contributed by atoms with Crippen molar-refractivity contribution in [2.24, 2.45) is 0 Å². The third-order valence-electron chi connectivity index (χ3n) is 3.81. The summed E-state index contributed by atoms with van der Waals surface area (Å²) in [5.74, 6) is -0.318. The Kier molecular flexibility index (Phi) is 4.57. The molecule has 1 atom stereocenters. The molecule has 1 aromatic heterocycles. The molecular formula is C17H16ClN3O2. The molecule has 1 aliphatic rings. The highest BCUT2D eigenvalue weighted by Crippen LogP contribution is 2.29. The van der Waals surface area contributed by atoms with Gasteiger partial charge in [0.15, 0.2) is 0 Å². The van der Waals surface area contributed by atoms with E-state index in [2.05, 4.69) is 10.3 Å². The van der Waals surface area contributed by atoms with Gasteiger partial charge >= 0.3 is 0 Å².